The van der Waals surface area contributed by atoms with Gasteiger partial charge >= 0.3 is 6.18 Å². The number of alkyl halides is 3. The Morgan fingerprint density at radius 2 is 1.71 bits per heavy atom. The maximum atomic E-state index is 13.3. The Morgan fingerprint density at radius 3 is 2.24 bits per heavy atom. The van der Waals surface area contributed by atoms with Gasteiger partial charge in [0.2, 0.25) is 0 Å². The van der Waals surface area contributed by atoms with Gasteiger partial charge in [0.15, 0.2) is 0 Å². The topological polar surface area (TPSA) is 127 Å². The fourth-order valence-corrected chi connectivity index (χ4v) is 7.43. The number of nitrogens with zero attached hydrogens (tertiary/aromatic N) is 3. The first-order valence-electron chi connectivity index (χ1n) is 9.60. The summed E-state index contributed by atoms with van der Waals surface area (Å²) in [5.74, 6) is -1.11. The third kappa shape index (κ3) is 5.12. The Morgan fingerprint density at radius 1 is 1.09 bits per heavy atom. The van der Waals surface area contributed by atoms with Gasteiger partial charge in [-0.25, -0.2) is 13.9 Å². The molecule has 16 heteroatoms. The van der Waals surface area contributed by atoms with Gasteiger partial charge in [-0.05, 0) is 29.8 Å². The summed E-state index contributed by atoms with van der Waals surface area (Å²) in [4.78, 5) is 12.6. The first-order chi connectivity index (χ1) is 15.7. The van der Waals surface area contributed by atoms with Crippen LogP contribution in [0.5, 0.6) is 0 Å². The maximum Gasteiger partial charge on any atom is 0.416 e. The van der Waals surface area contributed by atoms with Crippen molar-refractivity contribution in [2.75, 3.05) is 33.7 Å². The summed E-state index contributed by atoms with van der Waals surface area (Å²) in [5.41, 5.74) is 0.893. The van der Waals surface area contributed by atoms with Crippen LogP contribution >= 0.6 is 11.3 Å². The number of amides is 1. The fourth-order valence-electron chi connectivity index (χ4n) is 3.31. The lowest BCUT2D eigenvalue weighted by molar-refractivity contribution is -0.137. The number of piperazine rings is 1. The lowest BCUT2D eigenvalue weighted by Crippen LogP contribution is -2.62. The Kier molecular flexibility index (Phi) is 7.43. The third-order valence-corrected chi connectivity index (χ3v) is 10.6. The lowest BCUT2D eigenvalue weighted by Gasteiger charge is -2.38. The molecule has 2 N–H and O–H groups in total. The second-order valence-electron chi connectivity index (χ2n) is 7.45. The largest absolute Gasteiger partial charge is 0.416 e. The standard InChI is InChI=1S/C18H21F3N4O6S3/c1-23(2)34(30,31)24-9-10-25(14(11-24)17(26)22-27)33(28,29)16-8-7-15(32-16)12-3-5-13(6-4-12)18(19,20)21/h3-8,14,27H,9-11H2,1-2H3,(H,22,26)/t14-/m1/s1. The van der Waals surface area contributed by atoms with E-state index in [4.69, 9.17) is 5.21 Å². The molecule has 1 aliphatic rings. The van der Waals surface area contributed by atoms with Gasteiger partial charge in [0.05, 0.1) is 5.56 Å². The molecular formula is C18H21F3N4O6S3. The Balaban J connectivity index is 1.90. The van der Waals surface area contributed by atoms with Crippen molar-refractivity contribution < 1.29 is 40.0 Å². The zero-order chi connectivity index (χ0) is 25.5. The van der Waals surface area contributed by atoms with Gasteiger partial charge in [-0.3, -0.25) is 10.0 Å². The van der Waals surface area contributed by atoms with Crippen LogP contribution in [0.4, 0.5) is 13.2 Å². The van der Waals surface area contributed by atoms with E-state index < -0.39 is 50.5 Å². The number of hydrogen-bond acceptors (Lipinski definition) is 7. The highest BCUT2D eigenvalue weighted by Gasteiger charge is 2.44. The second kappa shape index (κ2) is 9.52. The van der Waals surface area contributed by atoms with Crippen molar-refractivity contribution in [1.29, 1.82) is 0 Å². The molecule has 0 bridgehead atoms. The summed E-state index contributed by atoms with van der Waals surface area (Å²) in [7, 11) is -5.69. The molecule has 3 rings (SSSR count). The van der Waals surface area contributed by atoms with E-state index >= 15 is 0 Å². The van der Waals surface area contributed by atoms with E-state index in [0.717, 1.165) is 36.4 Å². The van der Waals surface area contributed by atoms with E-state index in [0.29, 0.717) is 10.4 Å². The van der Waals surface area contributed by atoms with Gasteiger partial charge in [0.25, 0.3) is 26.1 Å². The monoisotopic (exact) mass is 542 g/mol. The molecular weight excluding hydrogens is 521 g/mol. The minimum absolute atomic E-state index is 0.193. The first-order valence-corrected chi connectivity index (χ1v) is 13.3. The molecule has 10 nitrogen and oxygen atoms in total. The summed E-state index contributed by atoms with van der Waals surface area (Å²) < 4.78 is 92.3. The second-order valence-corrected chi connectivity index (χ2v) is 12.8. The number of thiophene rings is 1. The molecule has 0 spiro atoms. The van der Waals surface area contributed by atoms with Crippen molar-refractivity contribution in [3.8, 4) is 10.4 Å². The molecule has 1 fully saturated rings. The van der Waals surface area contributed by atoms with Crippen molar-refractivity contribution in [2.45, 2.75) is 16.4 Å². The average molecular weight is 543 g/mol. The minimum Gasteiger partial charge on any atom is -0.289 e. The van der Waals surface area contributed by atoms with E-state index in [-0.39, 0.29) is 17.3 Å². The number of sulfonamides is 1. The van der Waals surface area contributed by atoms with Crippen LogP contribution in [-0.2, 0) is 31.2 Å². The summed E-state index contributed by atoms with van der Waals surface area (Å²) >= 11 is 0.787. The van der Waals surface area contributed by atoms with E-state index in [9.17, 15) is 34.8 Å². The number of rotatable bonds is 6. The highest BCUT2D eigenvalue weighted by atomic mass is 32.2. The first kappa shape index (κ1) is 26.5. The van der Waals surface area contributed by atoms with Crippen molar-refractivity contribution in [2.24, 2.45) is 0 Å². The summed E-state index contributed by atoms with van der Waals surface area (Å²) in [6.45, 7) is -1.11. The number of hydrogen-bond donors (Lipinski definition) is 2. The predicted octanol–water partition coefficient (Wildman–Crippen LogP) is 1.42. The molecule has 34 heavy (non-hydrogen) atoms. The number of hydroxylamine groups is 1. The van der Waals surface area contributed by atoms with Gasteiger partial charge in [-0.2, -0.15) is 34.5 Å². The molecule has 1 amide bonds. The molecule has 1 aromatic carbocycles. The number of carbonyl (C=O) groups is 1. The predicted molar refractivity (Wildman–Crippen MR) is 117 cm³/mol. The highest BCUT2D eigenvalue weighted by Crippen LogP contribution is 2.36. The van der Waals surface area contributed by atoms with Crippen LogP contribution in [0.25, 0.3) is 10.4 Å². The third-order valence-electron chi connectivity index (χ3n) is 5.14. The van der Waals surface area contributed by atoms with Gasteiger partial charge in [-0.15, -0.1) is 11.3 Å². The number of carbonyl (C=O) groups excluding carboxylic acids is 1. The Bertz CT molecular complexity index is 1260. The van der Waals surface area contributed by atoms with Crippen molar-refractivity contribution >= 4 is 37.5 Å². The smallest absolute Gasteiger partial charge is 0.289 e. The van der Waals surface area contributed by atoms with Crippen LogP contribution in [-0.4, -0.2) is 80.6 Å². The molecule has 1 aliphatic heterocycles. The van der Waals surface area contributed by atoms with Crippen LogP contribution in [0, 0.1) is 0 Å². The molecule has 1 aromatic heterocycles. The molecule has 1 atom stereocenters. The van der Waals surface area contributed by atoms with Crippen LogP contribution < -0.4 is 5.48 Å². The van der Waals surface area contributed by atoms with E-state index in [1.807, 2.05) is 0 Å². The van der Waals surface area contributed by atoms with Gasteiger partial charge < -0.3 is 0 Å². The molecule has 188 valence electrons. The van der Waals surface area contributed by atoms with E-state index in [2.05, 4.69) is 0 Å². The quantitative estimate of drug-likeness (QED) is 0.420. The van der Waals surface area contributed by atoms with Crippen molar-refractivity contribution in [1.82, 2.24) is 18.4 Å². The van der Waals surface area contributed by atoms with Crippen LogP contribution in [0.2, 0.25) is 0 Å². The number of benzene rings is 1. The minimum atomic E-state index is -4.51. The highest BCUT2D eigenvalue weighted by molar-refractivity contribution is 7.91. The molecule has 0 aliphatic carbocycles. The molecule has 2 aromatic rings. The van der Waals surface area contributed by atoms with Gasteiger partial charge in [-0.1, -0.05) is 12.1 Å². The summed E-state index contributed by atoms with van der Waals surface area (Å²) in [6.07, 6.45) is -4.51. The molecule has 0 saturated carbocycles. The number of nitrogens with one attached hydrogen (secondary N) is 1. The summed E-state index contributed by atoms with van der Waals surface area (Å²) in [6, 6.07) is 5.34. The van der Waals surface area contributed by atoms with E-state index in [1.165, 1.54) is 43.8 Å². The normalized spacial score (nSPS) is 18.9. The number of halogens is 3. The van der Waals surface area contributed by atoms with Gasteiger partial charge in [0, 0.05) is 38.6 Å². The zero-order valence-corrected chi connectivity index (χ0v) is 20.3. The van der Waals surface area contributed by atoms with Crippen molar-refractivity contribution in [3.05, 3.63) is 42.0 Å². The Hall–Kier alpha value is -2.08. The molecule has 0 radical (unpaired) electrons. The maximum absolute atomic E-state index is 13.3. The zero-order valence-electron chi connectivity index (χ0n) is 17.9. The van der Waals surface area contributed by atoms with Crippen LogP contribution in [0.3, 0.4) is 0 Å². The van der Waals surface area contributed by atoms with Gasteiger partial charge in [0.1, 0.15) is 10.3 Å². The van der Waals surface area contributed by atoms with E-state index in [1.54, 1.807) is 0 Å². The molecule has 1 saturated heterocycles. The summed E-state index contributed by atoms with van der Waals surface area (Å²) in [5, 5.41) is 9.09. The van der Waals surface area contributed by atoms with Crippen molar-refractivity contribution in [3.63, 3.8) is 0 Å². The molecule has 2 heterocycles. The molecule has 0 unspecified atom stereocenters. The van der Waals surface area contributed by atoms with Crippen LogP contribution in [0.15, 0.2) is 40.6 Å². The average Bonchev–Trinajstić information content (AvgIpc) is 3.28. The fraction of sp³-hybridized carbons (Fsp3) is 0.389. The van der Waals surface area contributed by atoms with Crippen LogP contribution in [0.1, 0.15) is 5.56 Å². The lowest BCUT2D eigenvalue weighted by atomic mass is 10.1. The Labute approximate surface area is 198 Å². The SMILES string of the molecule is CN(C)S(=O)(=O)N1CCN(S(=O)(=O)c2ccc(-c3ccc(C(F)(F)F)cc3)s2)[C@@H](C(=O)NO)C1.